The monoisotopic (exact) mass is 336 g/mol. The number of aliphatic hydroxyl groups is 1. The summed E-state index contributed by atoms with van der Waals surface area (Å²) in [5.74, 6) is 1.20. The highest BCUT2D eigenvalue weighted by molar-refractivity contribution is 5.73. The van der Waals surface area contributed by atoms with Crippen LogP contribution in [0.5, 0.6) is 0 Å². The largest absolute Gasteiger partial charge is 0.396 e. The van der Waals surface area contributed by atoms with Gasteiger partial charge in [0.05, 0.1) is 0 Å². The molecule has 0 heterocycles. The molecule has 0 aliphatic heterocycles. The number of carbonyl (C=O) groups is 1. The molecule has 2 amide bonds. The van der Waals surface area contributed by atoms with Gasteiger partial charge in [-0.05, 0) is 41.0 Å². The van der Waals surface area contributed by atoms with E-state index in [1.807, 2.05) is 0 Å². The Hall–Kier alpha value is -2.33. The molecule has 0 saturated carbocycles. The second kappa shape index (κ2) is 6.89. The number of hydrogen-bond acceptors (Lipinski definition) is 2. The molecule has 1 unspecified atom stereocenters. The Morgan fingerprint density at radius 3 is 2.16 bits per heavy atom. The maximum absolute atomic E-state index is 12.0. The Labute approximate surface area is 148 Å². The molecule has 0 radical (unpaired) electrons. The first kappa shape index (κ1) is 16.2. The average molecular weight is 336 g/mol. The van der Waals surface area contributed by atoms with Crippen LogP contribution in [0.1, 0.15) is 46.9 Å². The van der Waals surface area contributed by atoms with Gasteiger partial charge in [0.25, 0.3) is 0 Å². The van der Waals surface area contributed by atoms with Gasteiger partial charge in [-0.1, -0.05) is 48.5 Å². The number of hydrogen-bond donors (Lipinski definition) is 3. The number of carbonyl (C=O) groups excluding carboxylic acids is 1. The van der Waals surface area contributed by atoms with Crippen LogP contribution in [-0.4, -0.2) is 30.8 Å². The molecule has 4 heteroatoms. The molecule has 2 aromatic carbocycles. The summed E-state index contributed by atoms with van der Waals surface area (Å²) in [6.45, 7) is 1.28. The standard InChI is InChI=1S/C21H24N2O2/c24-11-5-10-22-21(25)23-13-14-12-19-15-6-1-3-8-17(15)20(14)18-9-4-2-7-16(18)19/h1-4,6-9,14,19-20,24H,5,10-13H2,(H2,22,23,25). The Morgan fingerprint density at radius 2 is 1.56 bits per heavy atom. The van der Waals surface area contributed by atoms with E-state index in [1.54, 1.807) is 0 Å². The summed E-state index contributed by atoms with van der Waals surface area (Å²) < 4.78 is 0. The number of amides is 2. The Balaban J connectivity index is 1.54. The van der Waals surface area contributed by atoms with Gasteiger partial charge in [-0.15, -0.1) is 0 Å². The van der Waals surface area contributed by atoms with Crippen LogP contribution < -0.4 is 10.6 Å². The number of rotatable bonds is 5. The van der Waals surface area contributed by atoms with E-state index in [0.29, 0.717) is 37.3 Å². The predicted molar refractivity (Wildman–Crippen MR) is 97.8 cm³/mol. The Bertz CT molecular complexity index is 726. The Morgan fingerprint density at radius 1 is 0.960 bits per heavy atom. The van der Waals surface area contributed by atoms with Crippen molar-refractivity contribution >= 4 is 6.03 Å². The van der Waals surface area contributed by atoms with Crippen LogP contribution >= 0.6 is 0 Å². The lowest BCUT2D eigenvalue weighted by atomic mass is 9.59. The molecule has 2 bridgehead atoms. The van der Waals surface area contributed by atoms with Crippen molar-refractivity contribution in [2.45, 2.75) is 24.7 Å². The van der Waals surface area contributed by atoms with Crippen LogP contribution in [0.2, 0.25) is 0 Å². The van der Waals surface area contributed by atoms with Crippen molar-refractivity contribution in [3.8, 4) is 0 Å². The maximum Gasteiger partial charge on any atom is 0.314 e. The fourth-order valence-corrected chi connectivity index (χ4v) is 4.53. The van der Waals surface area contributed by atoms with Crippen LogP contribution in [0, 0.1) is 5.92 Å². The van der Waals surface area contributed by atoms with E-state index in [9.17, 15) is 4.79 Å². The fourth-order valence-electron chi connectivity index (χ4n) is 4.53. The molecular formula is C21H24N2O2. The lowest BCUT2D eigenvalue weighted by Crippen LogP contribution is -2.43. The summed E-state index contributed by atoms with van der Waals surface area (Å²) in [4.78, 5) is 12.0. The zero-order valence-electron chi connectivity index (χ0n) is 14.2. The van der Waals surface area contributed by atoms with Crippen molar-refractivity contribution in [1.82, 2.24) is 10.6 Å². The number of benzene rings is 2. The molecule has 1 atom stereocenters. The van der Waals surface area contributed by atoms with Gasteiger partial charge in [0.1, 0.15) is 0 Å². The molecule has 3 aliphatic rings. The van der Waals surface area contributed by atoms with Gasteiger partial charge in [0.2, 0.25) is 0 Å². The maximum atomic E-state index is 12.0. The van der Waals surface area contributed by atoms with E-state index in [1.165, 1.54) is 22.3 Å². The first-order chi connectivity index (χ1) is 12.3. The Kier molecular flexibility index (Phi) is 4.45. The number of nitrogens with one attached hydrogen (secondary N) is 2. The second-order valence-corrected chi connectivity index (χ2v) is 7.00. The SMILES string of the molecule is O=C(NCCCO)NCC1CC2c3ccccc3C1c1ccccc12. The lowest BCUT2D eigenvalue weighted by Gasteiger charge is -2.45. The van der Waals surface area contributed by atoms with Gasteiger partial charge in [0, 0.05) is 31.5 Å². The first-order valence-electron chi connectivity index (χ1n) is 9.09. The van der Waals surface area contributed by atoms with E-state index in [4.69, 9.17) is 5.11 Å². The van der Waals surface area contributed by atoms with Crippen LogP contribution in [0.4, 0.5) is 4.79 Å². The topological polar surface area (TPSA) is 61.4 Å². The van der Waals surface area contributed by atoms with E-state index in [2.05, 4.69) is 59.2 Å². The zero-order valence-corrected chi connectivity index (χ0v) is 14.2. The van der Waals surface area contributed by atoms with Gasteiger partial charge in [-0.25, -0.2) is 4.79 Å². The number of urea groups is 1. The summed E-state index contributed by atoms with van der Waals surface area (Å²) in [6, 6.07) is 17.4. The molecule has 2 aromatic rings. The van der Waals surface area contributed by atoms with Crippen molar-refractivity contribution in [2.24, 2.45) is 5.92 Å². The van der Waals surface area contributed by atoms with Crippen LogP contribution in [0.25, 0.3) is 0 Å². The molecule has 5 rings (SSSR count). The smallest absolute Gasteiger partial charge is 0.314 e. The summed E-state index contributed by atoms with van der Waals surface area (Å²) in [5.41, 5.74) is 5.75. The predicted octanol–water partition coefficient (Wildman–Crippen LogP) is 2.97. The molecule has 3 N–H and O–H groups in total. The average Bonchev–Trinajstić information content (AvgIpc) is 2.67. The molecule has 130 valence electrons. The third kappa shape index (κ3) is 2.91. The summed E-state index contributed by atoms with van der Waals surface area (Å²) in [5, 5.41) is 14.6. The van der Waals surface area contributed by atoms with Crippen LogP contribution in [-0.2, 0) is 0 Å². The molecular weight excluding hydrogens is 312 g/mol. The minimum absolute atomic E-state index is 0.0974. The van der Waals surface area contributed by atoms with E-state index in [0.717, 1.165) is 6.42 Å². The summed E-state index contributed by atoms with van der Waals surface area (Å²) >= 11 is 0. The highest BCUT2D eigenvalue weighted by atomic mass is 16.3. The van der Waals surface area contributed by atoms with Crippen molar-refractivity contribution in [3.05, 3.63) is 70.8 Å². The first-order valence-corrected chi connectivity index (χ1v) is 9.09. The highest BCUT2D eigenvalue weighted by Crippen LogP contribution is 2.54. The van der Waals surface area contributed by atoms with Crippen LogP contribution in [0.3, 0.4) is 0 Å². The van der Waals surface area contributed by atoms with Gasteiger partial charge in [-0.2, -0.15) is 0 Å². The van der Waals surface area contributed by atoms with E-state index < -0.39 is 0 Å². The quantitative estimate of drug-likeness (QED) is 0.735. The van der Waals surface area contributed by atoms with Crippen LogP contribution in [0.15, 0.2) is 48.5 Å². The summed E-state index contributed by atoms with van der Waals surface area (Å²) in [6.07, 6.45) is 1.66. The minimum atomic E-state index is -0.142. The normalized spacial score (nSPS) is 22.8. The molecule has 0 saturated heterocycles. The molecule has 0 fully saturated rings. The van der Waals surface area contributed by atoms with Gasteiger partial charge >= 0.3 is 6.03 Å². The van der Waals surface area contributed by atoms with Crippen molar-refractivity contribution in [3.63, 3.8) is 0 Å². The lowest BCUT2D eigenvalue weighted by molar-refractivity contribution is 0.233. The van der Waals surface area contributed by atoms with E-state index in [-0.39, 0.29) is 12.6 Å². The molecule has 0 spiro atoms. The number of fused-ring (bicyclic) bond motifs is 1. The second-order valence-electron chi connectivity index (χ2n) is 7.00. The molecule has 3 aliphatic carbocycles. The molecule has 25 heavy (non-hydrogen) atoms. The van der Waals surface area contributed by atoms with E-state index >= 15 is 0 Å². The third-order valence-corrected chi connectivity index (χ3v) is 5.57. The fraction of sp³-hybridized carbons (Fsp3) is 0.381. The van der Waals surface area contributed by atoms with Gasteiger partial charge < -0.3 is 15.7 Å². The molecule has 0 aromatic heterocycles. The molecule has 4 nitrogen and oxygen atoms in total. The highest BCUT2D eigenvalue weighted by Gasteiger charge is 2.42. The van der Waals surface area contributed by atoms with Crippen molar-refractivity contribution in [1.29, 1.82) is 0 Å². The number of aliphatic hydroxyl groups excluding tert-OH is 1. The zero-order chi connectivity index (χ0) is 17.2. The summed E-state index contributed by atoms with van der Waals surface area (Å²) in [7, 11) is 0. The van der Waals surface area contributed by atoms with Gasteiger partial charge in [0.15, 0.2) is 0 Å². The van der Waals surface area contributed by atoms with Crippen molar-refractivity contribution in [2.75, 3.05) is 19.7 Å². The van der Waals surface area contributed by atoms with Gasteiger partial charge in [-0.3, -0.25) is 0 Å². The third-order valence-electron chi connectivity index (χ3n) is 5.57. The van der Waals surface area contributed by atoms with Crippen molar-refractivity contribution < 1.29 is 9.90 Å². The minimum Gasteiger partial charge on any atom is -0.396 e.